The molecule has 0 aliphatic rings. The third kappa shape index (κ3) is 5.64. The number of urea groups is 1. The minimum Gasteiger partial charge on any atom is -0.489 e. The van der Waals surface area contributed by atoms with Gasteiger partial charge in [0, 0.05) is 20.1 Å². The molecule has 0 bridgehead atoms. The number of aliphatic hydroxyl groups is 1. The van der Waals surface area contributed by atoms with E-state index in [9.17, 15) is 4.79 Å². The smallest absolute Gasteiger partial charge is 0.317 e. The highest BCUT2D eigenvalue weighted by molar-refractivity contribution is 5.73. The molecule has 2 aromatic carbocycles. The van der Waals surface area contributed by atoms with Crippen LogP contribution in [0.3, 0.4) is 0 Å². The Morgan fingerprint density at radius 3 is 2.61 bits per heavy atom. The molecule has 0 spiro atoms. The van der Waals surface area contributed by atoms with Gasteiger partial charge in [-0.05, 0) is 23.3 Å². The first-order valence-electron chi connectivity index (χ1n) is 7.54. The van der Waals surface area contributed by atoms with Gasteiger partial charge in [-0.25, -0.2) is 4.79 Å². The summed E-state index contributed by atoms with van der Waals surface area (Å²) in [5.41, 5.74) is 2.07. The molecule has 0 heterocycles. The number of benzene rings is 2. The average Bonchev–Trinajstić information content (AvgIpc) is 2.59. The number of nitrogens with zero attached hydrogens (tertiary/aromatic N) is 1. The SMILES string of the molecule is CN(CCO)C(=O)NCc1cccc(OCc2ccccc2)c1. The summed E-state index contributed by atoms with van der Waals surface area (Å²) in [5.74, 6) is 0.768. The van der Waals surface area contributed by atoms with Crippen molar-refractivity contribution in [1.29, 1.82) is 0 Å². The van der Waals surface area contributed by atoms with Gasteiger partial charge in [0.25, 0.3) is 0 Å². The lowest BCUT2D eigenvalue weighted by Crippen LogP contribution is -2.38. The lowest BCUT2D eigenvalue weighted by Gasteiger charge is -2.16. The van der Waals surface area contributed by atoms with Crippen LogP contribution in [0.5, 0.6) is 5.75 Å². The van der Waals surface area contributed by atoms with Crippen LogP contribution in [-0.4, -0.2) is 36.2 Å². The van der Waals surface area contributed by atoms with Crippen LogP contribution in [0.2, 0.25) is 0 Å². The van der Waals surface area contributed by atoms with Crippen LogP contribution in [0.25, 0.3) is 0 Å². The Bertz CT molecular complexity index is 617. The number of likely N-dealkylation sites (N-methyl/N-ethyl adjacent to an activating group) is 1. The fourth-order valence-corrected chi connectivity index (χ4v) is 2.05. The van der Waals surface area contributed by atoms with E-state index in [1.165, 1.54) is 4.90 Å². The first kappa shape index (κ1) is 16.8. The predicted octanol–water partition coefficient (Wildman–Crippen LogP) is 2.40. The summed E-state index contributed by atoms with van der Waals surface area (Å²) in [5, 5.41) is 11.6. The zero-order chi connectivity index (χ0) is 16.5. The van der Waals surface area contributed by atoms with Crippen molar-refractivity contribution in [3.05, 3.63) is 65.7 Å². The van der Waals surface area contributed by atoms with Gasteiger partial charge in [0.15, 0.2) is 0 Å². The van der Waals surface area contributed by atoms with Crippen molar-refractivity contribution in [3.8, 4) is 5.75 Å². The van der Waals surface area contributed by atoms with Crippen LogP contribution in [0.15, 0.2) is 54.6 Å². The summed E-state index contributed by atoms with van der Waals surface area (Å²) in [7, 11) is 1.64. The molecule has 5 nitrogen and oxygen atoms in total. The second kappa shape index (κ2) is 8.80. The molecule has 0 aromatic heterocycles. The summed E-state index contributed by atoms with van der Waals surface area (Å²) in [4.78, 5) is 13.2. The second-order valence-corrected chi connectivity index (χ2v) is 5.23. The molecule has 0 fully saturated rings. The van der Waals surface area contributed by atoms with Crippen molar-refractivity contribution < 1.29 is 14.6 Å². The maximum absolute atomic E-state index is 11.8. The van der Waals surface area contributed by atoms with Crippen LogP contribution in [0.1, 0.15) is 11.1 Å². The molecule has 0 saturated carbocycles. The first-order valence-corrected chi connectivity index (χ1v) is 7.54. The molecule has 23 heavy (non-hydrogen) atoms. The van der Waals surface area contributed by atoms with E-state index in [1.807, 2.05) is 54.6 Å². The highest BCUT2D eigenvalue weighted by Crippen LogP contribution is 2.15. The van der Waals surface area contributed by atoms with E-state index in [1.54, 1.807) is 7.05 Å². The van der Waals surface area contributed by atoms with E-state index < -0.39 is 0 Å². The highest BCUT2D eigenvalue weighted by Gasteiger charge is 2.07. The number of rotatable bonds is 7. The van der Waals surface area contributed by atoms with Crippen LogP contribution in [0, 0.1) is 0 Å². The summed E-state index contributed by atoms with van der Waals surface area (Å²) in [6.45, 7) is 1.19. The molecule has 2 rings (SSSR count). The molecule has 0 aliphatic carbocycles. The molecular weight excluding hydrogens is 292 g/mol. The van der Waals surface area contributed by atoms with Crippen molar-refractivity contribution in [2.24, 2.45) is 0 Å². The maximum Gasteiger partial charge on any atom is 0.317 e. The normalized spacial score (nSPS) is 10.2. The van der Waals surface area contributed by atoms with Gasteiger partial charge < -0.3 is 20.1 Å². The first-order chi connectivity index (χ1) is 11.2. The lowest BCUT2D eigenvalue weighted by molar-refractivity contribution is 0.190. The molecule has 0 aliphatic heterocycles. The third-order valence-electron chi connectivity index (χ3n) is 3.37. The van der Waals surface area contributed by atoms with Crippen molar-refractivity contribution in [3.63, 3.8) is 0 Å². The number of carbonyl (C=O) groups is 1. The van der Waals surface area contributed by atoms with E-state index in [0.717, 1.165) is 16.9 Å². The Labute approximate surface area is 136 Å². The van der Waals surface area contributed by atoms with E-state index in [4.69, 9.17) is 9.84 Å². The van der Waals surface area contributed by atoms with Gasteiger partial charge in [-0.2, -0.15) is 0 Å². The lowest BCUT2D eigenvalue weighted by atomic mass is 10.2. The fraction of sp³-hybridized carbons (Fsp3) is 0.278. The largest absolute Gasteiger partial charge is 0.489 e. The van der Waals surface area contributed by atoms with E-state index >= 15 is 0 Å². The van der Waals surface area contributed by atoms with Gasteiger partial charge in [-0.1, -0.05) is 42.5 Å². The molecule has 5 heteroatoms. The number of amides is 2. The molecule has 0 unspecified atom stereocenters. The Morgan fingerprint density at radius 1 is 1.13 bits per heavy atom. The average molecular weight is 314 g/mol. The molecule has 2 amide bonds. The summed E-state index contributed by atoms with van der Waals surface area (Å²) >= 11 is 0. The van der Waals surface area contributed by atoms with Gasteiger partial charge in [0.05, 0.1) is 6.61 Å². The van der Waals surface area contributed by atoms with Crippen molar-refractivity contribution in [1.82, 2.24) is 10.2 Å². The minimum absolute atomic E-state index is 0.0489. The molecule has 2 N–H and O–H groups in total. The summed E-state index contributed by atoms with van der Waals surface area (Å²) in [6.07, 6.45) is 0. The van der Waals surface area contributed by atoms with E-state index in [0.29, 0.717) is 19.7 Å². The fourth-order valence-electron chi connectivity index (χ4n) is 2.05. The second-order valence-electron chi connectivity index (χ2n) is 5.23. The van der Waals surface area contributed by atoms with Crippen LogP contribution in [0.4, 0.5) is 4.79 Å². The maximum atomic E-state index is 11.8. The standard InChI is InChI=1S/C18H22N2O3/c1-20(10-11-21)18(22)19-13-16-8-5-9-17(12-16)23-14-15-6-3-2-4-7-15/h2-9,12,21H,10-11,13-14H2,1H3,(H,19,22). The highest BCUT2D eigenvalue weighted by atomic mass is 16.5. The van der Waals surface area contributed by atoms with Crippen LogP contribution < -0.4 is 10.1 Å². The summed E-state index contributed by atoms with van der Waals surface area (Å²) in [6, 6.07) is 17.4. The zero-order valence-electron chi connectivity index (χ0n) is 13.2. The monoisotopic (exact) mass is 314 g/mol. The number of carbonyl (C=O) groups excluding carboxylic acids is 1. The quantitative estimate of drug-likeness (QED) is 0.825. The Hall–Kier alpha value is -2.53. The molecule has 0 atom stereocenters. The molecule has 2 aromatic rings. The van der Waals surface area contributed by atoms with Gasteiger partial charge in [-0.3, -0.25) is 0 Å². The molecule has 0 saturated heterocycles. The number of hydrogen-bond donors (Lipinski definition) is 2. The zero-order valence-corrected chi connectivity index (χ0v) is 13.2. The van der Waals surface area contributed by atoms with Crippen molar-refractivity contribution >= 4 is 6.03 Å². The van der Waals surface area contributed by atoms with Crippen LogP contribution in [-0.2, 0) is 13.2 Å². The van der Waals surface area contributed by atoms with E-state index in [2.05, 4.69) is 5.32 Å². The third-order valence-corrected chi connectivity index (χ3v) is 3.37. The number of nitrogens with one attached hydrogen (secondary N) is 1. The number of ether oxygens (including phenoxy) is 1. The number of hydrogen-bond acceptors (Lipinski definition) is 3. The molecule has 0 radical (unpaired) electrons. The van der Waals surface area contributed by atoms with Crippen molar-refractivity contribution in [2.45, 2.75) is 13.2 Å². The topological polar surface area (TPSA) is 61.8 Å². The Morgan fingerprint density at radius 2 is 1.87 bits per heavy atom. The van der Waals surface area contributed by atoms with E-state index in [-0.39, 0.29) is 12.6 Å². The Balaban J connectivity index is 1.86. The van der Waals surface area contributed by atoms with Gasteiger partial charge in [0.2, 0.25) is 0 Å². The van der Waals surface area contributed by atoms with Crippen molar-refractivity contribution in [2.75, 3.05) is 20.2 Å². The van der Waals surface area contributed by atoms with Gasteiger partial charge >= 0.3 is 6.03 Å². The summed E-state index contributed by atoms with van der Waals surface area (Å²) < 4.78 is 5.77. The van der Waals surface area contributed by atoms with Gasteiger partial charge in [0.1, 0.15) is 12.4 Å². The number of aliphatic hydroxyl groups excluding tert-OH is 1. The van der Waals surface area contributed by atoms with Gasteiger partial charge in [-0.15, -0.1) is 0 Å². The predicted molar refractivity (Wildman–Crippen MR) is 89.2 cm³/mol. The minimum atomic E-state index is -0.213. The van der Waals surface area contributed by atoms with Crippen LogP contribution >= 0.6 is 0 Å². The molecule has 122 valence electrons. The Kier molecular flexibility index (Phi) is 6.44. The molecular formula is C18H22N2O3.